The Morgan fingerprint density at radius 2 is 2.05 bits per heavy atom. The van der Waals surface area contributed by atoms with Gasteiger partial charge in [0.05, 0.1) is 11.6 Å². The first-order valence-electron chi connectivity index (χ1n) is 6.20. The molecule has 1 aromatic carbocycles. The van der Waals surface area contributed by atoms with Crippen LogP contribution in [0.5, 0.6) is 5.75 Å². The van der Waals surface area contributed by atoms with E-state index < -0.39 is 29.6 Å². The summed E-state index contributed by atoms with van der Waals surface area (Å²) in [5.74, 6) is -0.906. The van der Waals surface area contributed by atoms with Crippen LogP contribution in [0.3, 0.4) is 0 Å². The highest BCUT2D eigenvalue weighted by Crippen LogP contribution is 2.36. The van der Waals surface area contributed by atoms with Crippen molar-refractivity contribution in [1.29, 1.82) is 0 Å². The second kappa shape index (κ2) is 7.32. The molecule has 9 heteroatoms. The van der Waals surface area contributed by atoms with Crippen LogP contribution < -0.4 is 0 Å². The van der Waals surface area contributed by atoms with Gasteiger partial charge in [0.1, 0.15) is 5.75 Å². The molecule has 0 heterocycles. The highest BCUT2D eigenvalue weighted by Gasteiger charge is 2.33. The number of benzene rings is 1. The number of phenolic OH excluding ortho intramolecular Hbond substituents is 1. The Morgan fingerprint density at radius 3 is 2.50 bits per heavy atom. The summed E-state index contributed by atoms with van der Waals surface area (Å²) in [6.07, 6.45) is -5.95. The third kappa shape index (κ3) is 4.78. The van der Waals surface area contributed by atoms with E-state index in [-0.39, 0.29) is 13.2 Å². The smallest absolute Gasteiger partial charge is 0.431 e. The van der Waals surface area contributed by atoms with Crippen molar-refractivity contribution < 1.29 is 37.8 Å². The number of halogens is 3. The predicted octanol–water partition coefficient (Wildman–Crippen LogP) is 2.86. The zero-order chi connectivity index (χ0) is 16.9. The van der Waals surface area contributed by atoms with Gasteiger partial charge in [0.15, 0.2) is 6.79 Å². The van der Waals surface area contributed by atoms with Crippen molar-refractivity contribution >= 4 is 6.09 Å². The molecule has 0 spiro atoms. The van der Waals surface area contributed by atoms with Gasteiger partial charge in [0.2, 0.25) is 0 Å². The van der Waals surface area contributed by atoms with Crippen molar-refractivity contribution in [3.8, 4) is 5.75 Å². The molecule has 0 aliphatic rings. The number of nitrogens with zero attached hydrogens (tertiary/aromatic N) is 1. The van der Waals surface area contributed by atoms with Crippen LogP contribution in [0.15, 0.2) is 18.2 Å². The summed E-state index contributed by atoms with van der Waals surface area (Å²) >= 11 is 0. The maximum atomic E-state index is 12.5. The van der Waals surface area contributed by atoms with Crippen LogP contribution in [-0.4, -0.2) is 41.3 Å². The van der Waals surface area contributed by atoms with Gasteiger partial charge in [0, 0.05) is 7.11 Å². The lowest BCUT2D eigenvalue weighted by atomic mass is 10.0. The van der Waals surface area contributed by atoms with E-state index in [1.807, 2.05) is 0 Å². The Kier molecular flexibility index (Phi) is 6.01. The number of amides is 1. The van der Waals surface area contributed by atoms with Gasteiger partial charge in [-0.2, -0.15) is 18.2 Å². The molecule has 0 aliphatic carbocycles. The van der Waals surface area contributed by atoms with E-state index >= 15 is 0 Å². The molecule has 0 radical (unpaired) electrons. The average Bonchev–Trinajstić information content (AvgIpc) is 2.37. The molecule has 0 aromatic heterocycles. The molecular formula is C13H16F3NO5. The number of alkyl halides is 3. The van der Waals surface area contributed by atoms with Gasteiger partial charge in [-0.1, -0.05) is 6.07 Å². The number of aromatic hydroxyl groups is 1. The van der Waals surface area contributed by atoms with Crippen molar-refractivity contribution in [2.75, 3.05) is 13.9 Å². The van der Waals surface area contributed by atoms with E-state index in [2.05, 4.69) is 4.74 Å². The molecule has 0 fully saturated rings. The van der Waals surface area contributed by atoms with Gasteiger partial charge in [0.25, 0.3) is 0 Å². The molecule has 124 valence electrons. The Hall–Kier alpha value is -2.00. The summed E-state index contributed by atoms with van der Waals surface area (Å²) in [4.78, 5) is 15.9. The molecule has 1 unspecified atom stereocenters. The topological polar surface area (TPSA) is 79.2 Å². The second-order valence-electron chi connectivity index (χ2n) is 4.55. The van der Waals surface area contributed by atoms with Crippen LogP contribution >= 0.6 is 0 Å². The number of ether oxygens (including phenoxy) is 1. The molecule has 0 aliphatic heterocycles. The van der Waals surface area contributed by atoms with Crippen LogP contribution in [0.2, 0.25) is 0 Å². The maximum absolute atomic E-state index is 12.5. The molecular weight excluding hydrogens is 307 g/mol. The standard InChI is InChI=1S/C13H16F3NO5/c1-8(17(12(19)20)22-7-21-2)5-9-3-4-10(11(18)6-9)13(14,15)16/h3-4,6,8,18H,5,7H2,1-2H3,(H,19,20). The minimum atomic E-state index is -4.65. The minimum absolute atomic E-state index is 0.0573. The summed E-state index contributed by atoms with van der Waals surface area (Å²) in [5, 5.41) is 19.1. The summed E-state index contributed by atoms with van der Waals surface area (Å²) in [6.45, 7) is 1.23. The number of phenols is 1. The van der Waals surface area contributed by atoms with Crippen LogP contribution in [0.1, 0.15) is 18.1 Å². The number of hydrogen-bond donors (Lipinski definition) is 2. The summed E-state index contributed by atoms with van der Waals surface area (Å²) in [6, 6.07) is 2.19. The number of rotatable bonds is 6. The number of methoxy groups -OCH3 is 1. The molecule has 22 heavy (non-hydrogen) atoms. The number of carboxylic acid groups (broad SMARTS) is 1. The van der Waals surface area contributed by atoms with E-state index in [4.69, 9.17) is 9.94 Å². The fourth-order valence-electron chi connectivity index (χ4n) is 1.85. The Labute approximate surface area is 124 Å². The monoisotopic (exact) mass is 323 g/mol. The van der Waals surface area contributed by atoms with Gasteiger partial charge in [-0.05, 0) is 31.0 Å². The molecule has 6 nitrogen and oxygen atoms in total. The lowest BCUT2D eigenvalue weighted by Gasteiger charge is -2.25. The lowest BCUT2D eigenvalue weighted by Crippen LogP contribution is -2.39. The van der Waals surface area contributed by atoms with Gasteiger partial charge < -0.3 is 14.9 Å². The van der Waals surface area contributed by atoms with E-state index in [9.17, 15) is 23.1 Å². The second-order valence-corrected chi connectivity index (χ2v) is 4.55. The van der Waals surface area contributed by atoms with Crippen LogP contribution in [-0.2, 0) is 22.2 Å². The average molecular weight is 323 g/mol. The van der Waals surface area contributed by atoms with Crippen molar-refractivity contribution in [2.45, 2.75) is 25.6 Å². The van der Waals surface area contributed by atoms with Gasteiger partial charge >= 0.3 is 12.3 Å². The summed E-state index contributed by atoms with van der Waals surface area (Å²) in [5.41, 5.74) is -0.806. The van der Waals surface area contributed by atoms with Gasteiger partial charge in [-0.25, -0.2) is 9.63 Å². The van der Waals surface area contributed by atoms with E-state index in [1.165, 1.54) is 20.1 Å². The molecule has 0 saturated heterocycles. The summed E-state index contributed by atoms with van der Waals surface area (Å²) < 4.78 is 42.2. The minimum Gasteiger partial charge on any atom is -0.507 e. The van der Waals surface area contributed by atoms with Crippen LogP contribution in [0, 0.1) is 0 Å². The molecule has 1 rings (SSSR count). The zero-order valence-corrected chi connectivity index (χ0v) is 11.9. The highest BCUT2D eigenvalue weighted by atomic mass is 19.4. The van der Waals surface area contributed by atoms with Crippen molar-refractivity contribution in [1.82, 2.24) is 5.06 Å². The Balaban J connectivity index is 2.85. The molecule has 1 atom stereocenters. The maximum Gasteiger partial charge on any atom is 0.431 e. The normalized spacial score (nSPS) is 13.0. The Bertz CT molecular complexity index is 521. The van der Waals surface area contributed by atoms with Crippen LogP contribution in [0.4, 0.5) is 18.0 Å². The van der Waals surface area contributed by atoms with Gasteiger partial charge in [-0.15, -0.1) is 0 Å². The fraction of sp³-hybridized carbons (Fsp3) is 0.462. The number of hydrogen-bond acceptors (Lipinski definition) is 4. The quantitative estimate of drug-likeness (QED) is 0.622. The number of carbonyl (C=O) groups is 1. The van der Waals surface area contributed by atoms with E-state index in [0.29, 0.717) is 10.6 Å². The summed E-state index contributed by atoms with van der Waals surface area (Å²) in [7, 11) is 1.32. The van der Waals surface area contributed by atoms with Gasteiger partial charge in [-0.3, -0.25) is 0 Å². The first-order chi connectivity index (χ1) is 10.2. The molecule has 2 N–H and O–H groups in total. The van der Waals surface area contributed by atoms with Crippen molar-refractivity contribution in [2.24, 2.45) is 0 Å². The first-order valence-corrected chi connectivity index (χ1v) is 6.20. The third-order valence-corrected chi connectivity index (χ3v) is 2.80. The highest BCUT2D eigenvalue weighted by molar-refractivity contribution is 5.64. The third-order valence-electron chi connectivity index (χ3n) is 2.80. The van der Waals surface area contributed by atoms with Crippen LogP contribution in [0.25, 0.3) is 0 Å². The first kappa shape index (κ1) is 18.1. The fourth-order valence-corrected chi connectivity index (χ4v) is 1.85. The van der Waals surface area contributed by atoms with Crippen molar-refractivity contribution in [3.63, 3.8) is 0 Å². The van der Waals surface area contributed by atoms with E-state index in [0.717, 1.165) is 12.1 Å². The SMILES string of the molecule is COCON(C(=O)O)C(C)Cc1ccc(C(F)(F)F)c(O)c1. The zero-order valence-electron chi connectivity index (χ0n) is 11.9. The molecule has 1 aromatic rings. The lowest BCUT2D eigenvalue weighted by molar-refractivity contribution is -0.209. The van der Waals surface area contributed by atoms with Crippen molar-refractivity contribution in [3.05, 3.63) is 29.3 Å². The molecule has 0 saturated carbocycles. The Morgan fingerprint density at radius 1 is 1.41 bits per heavy atom. The predicted molar refractivity (Wildman–Crippen MR) is 69.1 cm³/mol. The van der Waals surface area contributed by atoms with E-state index in [1.54, 1.807) is 0 Å². The molecule has 1 amide bonds. The molecule has 0 bridgehead atoms. The largest absolute Gasteiger partial charge is 0.507 e. The number of hydroxylamine groups is 2.